The lowest BCUT2D eigenvalue weighted by atomic mass is 10.1. The molecule has 38 heavy (non-hydrogen) atoms. The molecule has 0 aromatic heterocycles. The number of benzene rings is 2. The fourth-order valence-corrected chi connectivity index (χ4v) is 5.58. The molecule has 8 heteroatoms. The van der Waals surface area contributed by atoms with Crippen LogP contribution >= 0.6 is 11.6 Å². The summed E-state index contributed by atoms with van der Waals surface area (Å²) in [6.07, 6.45) is 5.30. The topological polar surface area (TPSA) is 56.3 Å². The van der Waals surface area contributed by atoms with Gasteiger partial charge in [-0.15, -0.1) is 0 Å². The predicted octanol–water partition coefficient (Wildman–Crippen LogP) is 4.43. The summed E-state index contributed by atoms with van der Waals surface area (Å²) in [6, 6.07) is 16.0. The molecular formula is C30H41ClN4O3. The van der Waals surface area contributed by atoms with Crippen molar-refractivity contribution in [1.82, 2.24) is 14.7 Å². The van der Waals surface area contributed by atoms with Crippen LogP contribution in [0.4, 0.5) is 5.69 Å². The Morgan fingerprint density at radius 3 is 2.21 bits per heavy atom. The maximum Gasteiger partial charge on any atom is 0.252 e. The van der Waals surface area contributed by atoms with Crippen molar-refractivity contribution in [3.8, 4) is 0 Å². The molecular weight excluding hydrogens is 500 g/mol. The Hall–Kier alpha value is -2.45. The van der Waals surface area contributed by atoms with Gasteiger partial charge in [-0.1, -0.05) is 48.4 Å². The Morgan fingerprint density at radius 2 is 1.47 bits per heavy atom. The van der Waals surface area contributed by atoms with Crippen molar-refractivity contribution >= 4 is 29.1 Å². The van der Waals surface area contributed by atoms with Gasteiger partial charge in [0.15, 0.2) is 0 Å². The second-order valence-corrected chi connectivity index (χ2v) is 10.8. The minimum Gasteiger partial charge on any atom is -0.375 e. The molecule has 0 spiro atoms. The Morgan fingerprint density at radius 1 is 0.789 bits per heavy atom. The van der Waals surface area contributed by atoms with Gasteiger partial charge in [-0.3, -0.25) is 19.4 Å². The van der Waals surface area contributed by atoms with Crippen LogP contribution in [0.5, 0.6) is 0 Å². The van der Waals surface area contributed by atoms with Gasteiger partial charge in [0, 0.05) is 57.1 Å². The lowest BCUT2D eigenvalue weighted by Crippen LogP contribution is -2.44. The van der Waals surface area contributed by atoms with E-state index in [1.54, 1.807) is 7.11 Å². The van der Waals surface area contributed by atoms with Crippen molar-refractivity contribution in [2.45, 2.75) is 45.2 Å². The molecule has 4 rings (SSSR count). The number of anilines is 1. The number of carbonyl (C=O) groups excluding carboxylic acids is 2. The number of fused-ring (bicyclic) bond motifs is 1. The van der Waals surface area contributed by atoms with Crippen LogP contribution in [0, 0.1) is 0 Å². The number of halogens is 1. The number of hydrogen-bond acceptors (Lipinski definition) is 5. The second-order valence-electron chi connectivity index (χ2n) is 10.4. The van der Waals surface area contributed by atoms with Gasteiger partial charge >= 0.3 is 0 Å². The molecule has 0 atom stereocenters. The normalized spacial score (nSPS) is 18.4. The number of hydrogen-bond donors (Lipinski definition) is 0. The molecule has 2 aliphatic rings. The van der Waals surface area contributed by atoms with Gasteiger partial charge in [0.2, 0.25) is 5.91 Å². The zero-order valence-electron chi connectivity index (χ0n) is 22.6. The van der Waals surface area contributed by atoms with Crippen molar-refractivity contribution in [2.75, 3.05) is 64.4 Å². The van der Waals surface area contributed by atoms with E-state index in [1.807, 2.05) is 46.2 Å². The number of methoxy groups -OCH3 is 1. The van der Waals surface area contributed by atoms with E-state index in [1.165, 1.54) is 12.0 Å². The highest BCUT2D eigenvalue weighted by molar-refractivity contribution is 6.30. The van der Waals surface area contributed by atoms with Crippen LogP contribution in [-0.4, -0.2) is 86.0 Å². The number of nitrogens with zero attached hydrogens (tertiary/aromatic N) is 4. The molecule has 0 saturated carbocycles. The smallest absolute Gasteiger partial charge is 0.252 e. The van der Waals surface area contributed by atoms with Gasteiger partial charge < -0.3 is 14.5 Å². The fraction of sp³-hybridized carbons (Fsp3) is 0.533. The molecule has 0 bridgehead atoms. The molecule has 2 heterocycles. The number of rotatable bonds is 6. The lowest BCUT2D eigenvalue weighted by Gasteiger charge is -2.33. The number of para-hydroxylation sites is 1. The van der Waals surface area contributed by atoms with Crippen LogP contribution in [0.25, 0.3) is 0 Å². The second kappa shape index (κ2) is 14.6. The Kier molecular flexibility index (Phi) is 11.0. The Balaban J connectivity index is 1.57. The highest BCUT2D eigenvalue weighted by atomic mass is 35.5. The highest BCUT2D eigenvalue weighted by Crippen LogP contribution is 2.24. The Bertz CT molecular complexity index is 1040. The highest BCUT2D eigenvalue weighted by Gasteiger charge is 2.24. The molecule has 2 amide bonds. The summed E-state index contributed by atoms with van der Waals surface area (Å²) in [4.78, 5) is 35.3. The van der Waals surface area contributed by atoms with Gasteiger partial charge in [-0.25, -0.2) is 0 Å². The maximum absolute atomic E-state index is 13.6. The number of likely N-dealkylation sites (tertiary alicyclic amines) is 1. The molecule has 1 saturated heterocycles. The number of piperidine rings is 1. The first-order valence-electron chi connectivity index (χ1n) is 13.9. The van der Waals surface area contributed by atoms with Gasteiger partial charge in [-0.05, 0) is 68.1 Å². The molecule has 0 aliphatic carbocycles. The van der Waals surface area contributed by atoms with Crippen LogP contribution < -0.4 is 4.90 Å². The van der Waals surface area contributed by atoms with Crippen molar-refractivity contribution in [1.29, 1.82) is 0 Å². The van der Waals surface area contributed by atoms with E-state index in [0.717, 1.165) is 74.7 Å². The zero-order chi connectivity index (χ0) is 26.7. The number of amides is 2. The SMILES string of the molecule is COCC(=O)N1CCCN(Cc2ccc(Cl)cc2)CCCN(C(=O)CN2CCCCC2)Cc2ccccc21. The van der Waals surface area contributed by atoms with Gasteiger partial charge in [0.05, 0.1) is 6.54 Å². The molecule has 2 aliphatic heterocycles. The van der Waals surface area contributed by atoms with E-state index in [9.17, 15) is 9.59 Å². The van der Waals surface area contributed by atoms with Gasteiger partial charge in [-0.2, -0.15) is 0 Å². The first kappa shape index (κ1) is 28.6. The van der Waals surface area contributed by atoms with Crippen molar-refractivity contribution in [2.24, 2.45) is 0 Å². The first-order valence-corrected chi connectivity index (χ1v) is 14.3. The fourth-order valence-electron chi connectivity index (χ4n) is 5.45. The van der Waals surface area contributed by atoms with Crippen LogP contribution in [0.2, 0.25) is 5.02 Å². The molecule has 206 valence electrons. The molecule has 2 aromatic rings. The minimum absolute atomic E-state index is 0.0282. The van der Waals surface area contributed by atoms with E-state index in [0.29, 0.717) is 26.2 Å². The molecule has 1 fully saturated rings. The molecule has 2 aromatic carbocycles. The monoisotopic (exact) mass is 540 g/mol. The number of carbonyl (C=O) groups is 2. The molecule has 0 radical (unpaired) electrons. The van der Waals surface area contributed by atoms with Crippen molar-refractivity contribution < 1.29 is 14.3 Å². The molecule has 0 unspecified atom stereocenters. The summed E-state index contributed by atoms with van der Waals surface area (Å²) in [5.41, 5.74) is 3.08. The van der Waals surface area contributed by atoms with E-state index >= 15 is 0 Å². The van der Waals surface area contributed by atoms with Crippen LogP contribution in [0.15, 0.2) is 48.5 Å². The summed E-state index contributed by atoms with van der Waals surface area (Å²) in [7, 11) is 1.55. The average molecular weight is 541 g/mol. The number of ether oxygens (including phenoxy) is 1. The van der Waals surface area contributed by atoms with E-state index < -0.39 is 0 Å². The van der Waals surface area contributed by atoms with E-state index in [2.05, 4.69) is 21.9 Å². The third kappa shape index (κ3) is 8.27. The summed E-state index contributed by atoms with van der Waals surface area (Å²) < 4.78 is 5.22. The zero-order valence-corrected chi connectivity index (χ0v) is 23.4. The van der Waals surface area contributed by atoms with Gasteiger partial charge in [0.25, 0.3) is 5.91 Å². The van der Waals surface area contributed by atoms with Crippen LogP contribution in [0.1, 0.15) is 43.2 Å². The third-order valence-corrected chi connectivity index (χ3v) is 7.70. The minimum atomic E-state index is -0.0625. The van der Waals surface area contributed by atoms with Crippen LogP contribution in [0.3, 0.4) is 0 Å². The van der Waals surface area contributed by atoms with Crippen LogP contribution in [-0.2, 0) is 27.4 Å². The van der Waals surface area contributed by atoms with Crippen molar-refractivity contribution in [3.63, 3.8) is 0 Å². The van der Waals surface area contributed by atoms with E-state index in [4.69, 9.17) is 16.3 Å². The summed E-state index contributed by atoms with van der Waals surface area (Å²) in [5.74, 6) is 0.102. The summed E-state index contributed by atoms with van der Waals surface area (Å²) in [6.45, 7) is 6.78. The summed E-state index contributed by atoms with van der Waals surface area (Å²) >= 11 is 6.10. The molecule has 0 N–H and O–H groups in total. The van der Waals surface area contributed by atoms with Gasteiger partial charge in [0.1, 0.15) is 6.61 Å². The largest absolute Gasteiger partial charge is 0.375 e. The standard InChI is InChI=1S/C30H41ClN4O3/c1-38-24-30(37)35-20-8-18-32(21-25-11-13-27(31)14-12-25)17-7-19-34(22-26-9-3-4-10-28(26)35)29(36)23-33-15-5-2-6-16-33/h3-4,9-14H,2,5-8,15-24H2,1H3. The lowest BCUT2D eigenvalue weighted by molar-refractivity contribution is -0.133. The van der Waals surface area contributed by atoms with E-state index in [-0.39, 0.29) is 18.4 Å². The maximum atomic E-state index is 13.6. The first-order chi connectivity index (χ1) is 18.5. The Labute approximate surface area is 232 Å². The average Bonchev–Trinajstić information content (AvgIpc) is 2.92. The third-order valence-electron chi connectivity index (χ3n) is 7.45. The molecule has 7 nitrogen and oxygen atoms in total. The predicted molar refractivity (Wildman–Crippen MR) is 152 cm³/mol. The summed E-state index contributed by atoms with van der Waals surface area (Å²) in [5, 5.41) is 0.733. The quantitative estimate of drug-likeness (QED) is 0.542. The van der Waals surface area contributed by atoms with Crippen molar-refractivity contribution in [3.05, 3.63) is 64.7 Å².